The summed E-state index contributed by atoms with van der Waals surface area (Å²) in [4.78, 5) is 34.5. The molecule has 140 valence electrons. The Balaban J connectivity index is 1.72. The van der Waals surface area contributed by atoms with Gasteiger partial charge in [0.2, 0.25) is 0 Å². The molecule has 8 heteroatoms. The Kier molecular flexibility index (Phi) is 3.50. The zero-order valence-electron chi connectivity index (χ0n) is 15.0. The zero-order chi connectivity index (χ0) is 18.6. The highest BCUT2D eigenvalue weighted by atomic mass is 16.2. The molecular weight excluding hydrogens is 344 g/mol. The van der Waals surface area contributed by atoms with Crippen LogP contribution >= 0.6 is 0 Å². The number of nitrogens with zero attached hydrogens (tertiary/aromatic N) is 3. The summed E-state index contributed by atoms with van der Waals surface area (Å²) >= 11 is 0. The largest absolute Gasteiger partial charge is 0.384 e. The van der Waals surface area contributed by atoms with Gasteiger partial charge in [0, 0.05) is 6.07 Å². The summed E-state index contributed by atoms with van der Waals surface area (Å²) in [5.41, 5.74) is 8.05. The van der Waals surface area contributed by atoms with Crippen molar-refractivity contribution >= 4 is 23.2 Å². The van der Waals surface area contributed by atoms with Crippen molar-refractivity contribution in [3.05, 3.63) is 39.6 Å². The van der Waals surface area contributed by atoms with Crippen molar-refractivity contribution in [1.29, 1.82) is 0 Å². The second-order valence-electron chi connectivity index (χ2n) is 7.67. The van der Waals surface area contributed by atoms with Gasteiger partial charge in [-0.1, -0.05) is 6.42 Å². The Morgan fingerprint density at radius 2 is 1.85 bits per heavy atom. The van der Waals surface area contributed by atoms with E-state index in [9.17, 15) is 9.59 Å². The number of fused-ring (bicyclic) bond motifs is 4. The predicted molar refractivity (Wildman–Crippen MR) is 101 cm³/mol. The lowest BCUT2D eigenvalue weighted by Crippen LogP contribution is -2.49. The SMILES string of the molecule is Nc1cc(Nc2c3c(c4n(c2=O)C2(CCCCC2)NC4=O)CCC3)ncn1. The smallest absolute Gasteiger partial charge is 0.277 e. The molecule has 0 atom stereocenters. The minimum atomic E-state index is -0.583. The second kappa shape index (κ2) is 5.80. The van der Waals surface area contributed by atoms with E-state index in [1.807, 2.05) is 0 Å². The zero-order valence-corrected chi connectivity index (χ0v) is 15.0. The highest BCUT2D eigenvalue weighted by Gasteiger charge is 2.47. The highest BCUT2D eigenvalue weighted by Crippen LogP contribution is 2.40. The number of anilines is 3. The van der Waals surface area contributed by atoms with E-state index in [-0.39, 0.29) is 11.5 Å². The van der Waals surface area contributed by atoms with Crippen LogP contribution in [-0.2, 0) is 18.5 Å². The number of amides is 1. The van der Waals surface area contributed by atoms with Crippen molar-refractivity contribution in [3.8, 4) is 0 Å². The molecule has 3 aliphatic rings. The minimum absolute atomic E-state index is 0.106. The molecule has 1 saturated carbocycles. The van der Waals surface area contributed by atoms with Crippen molar-refractivity contribution < 1.29 is 4.79 Å². The molecule has 2 aliphatic carbocycles. The van der Waals surface area contributed by atoms with E-state index in [0.717, 1.165) is 62.5 Å². The van der Waals surface area contributed by atoms with Crippen molar-refractivity contribution in [2.45, 2.75) is 57.0 Å². The Morgan fingerprint density at radius 3 is 2.63 bits per heavy atom. The van der Waals surface area contributed by atoms with Crippen LogP contribution in [0.25, 0.3) is 0 Å². The van der Waals surface area contributed by atoms with E-state index >= 15 is 0 Å². The molecule has 0 bridgehead atoms. The van der Waals surface area contributed by atoms with Crippen LogP contribution in [0, 0.1) is 0 Å². The lowest BCUT2D eigenvalue weighted by molar-refractivity contribution is 0.0876. The van der Waals surface area contributed by atoms with Crippen molar-refractivity contribution in [1.82, 2.24) is 19.9 Å². The van der Waals surface area contributed by atoms with Crippen molar-refractivity contribution in [2.75, 3.05) is 11.1 Å². The maximum atomic E-state index is 13.6. The van der Waals surface area contributed by atoms with E-state index < -0.39 is 5.66 Å². The molecule has 0 aromatic carbocycles. The molecule has 1 spiro atoms. The Bertz CT molecular complexity index is 1010. The maximum Gasteiger partial charge on any atom is 0.277 e. The van der Waals surface area contributed by atoms with E-state index in [2.05, 4.69) is 20.6 Å². The van der Waals surface area contributed by atoms with Crippen LogP contribution in [0.15, 0.2) is 17.2 Å². The van der Waals surface area contributed by atoms with Gasteiger partial charge in [-0.3, -0.25) is 14.2 Å². The molecular formula is C19H22N6O2. The molecule has 2 aromatic rings. The maximum absolute atomic E-state index is 13.6. The number of nitrogens with one attached hydrogen (secondary N) is 2. The van der Waals surface area contributed by atoms with Gasteiger partial charge >= 0.3 is 0 Å². The third-order valence-electron chi connectivity index (χ3n) is 6.06. The third kappa shape index (κ3) is 2.35. The molecule has 0 saturated heterocycles. The topological polar surface area (TPSA) is 115 Å². The van der Waals surface area contributed by atoms with Gasteiger partial charge in [0.05, 0.1) is 0 Å². The fourth-order valence-corrected chi connectivity index (χ4v) is 4.91. The molecule has 2 aromatic heterocycles. The molecule has 4 N–H and O–H groups in total. The first-order valence-corrected chi connectivity index (χ1v) is 9.57. The van der Waals surface area contributed by atoms with Crippen molar-refractivity contribution in [3.63, 3.8) is 0 Å². The Labute approximate surface area is 156 Å². The normalized spacial score (nSPS) is 19.6. The van der Waals surface area contributed by atoms with Crippen molar-refractivity contribution in [2.24, 2.45) is 0 Å². The summed E-state index contributed by atoms with van der Waals surface area (Å²) in [5, 5.41) is 6.33. The molecule has 1 fully saturated rings. The Hall–Kier alpha value is -2.90. The first-order valence-electron chi connectivity index (χ1n) is 9.57. The van der Waals surface area contributed by atoms with Gasteiger partial charge in [0.1, 0.15) is 35.0 Å². The molecule has 1 amide bonds. The molecule has 5 rings (SSSR count). The van der Waals surface area contributed by atoms with E-state index in [1.54, 1.807) is 10.6 Å². The second-order valence-corrected chi connectivity index (χ2v) is 7.67. The summed E-state index contributed by atoms with van der Waals surface area (Å²) < 4.78 is 1.74. The molecule has 1 aliphatic heterocycles. The van der Waals surface area contributed by atoms with E-state index in [1.165, 1.54) is 6.33 Å². The number of aromatic nitrogens is 3. The lowest BCUT2D eigenvalue weighted by atomic mass is 9.89. The first-order chi connectivity index (χ1) is 13.1. The number of carbonyl (C=O) groups is 1. The van der Waals surface area contributed by atoms with Crippen LogP contribution in [0.2, 0.25) is 0 Å². The summed E-state index contributed by atoms with van der Waals surface area (Å²) in [6, 6.07) is 1.61. The van der Waals surface area contributed by atoms with E-state index in [0.29, 0.717) is 23.0 Å². The standard InChI is InChI=1S/C19H22N6O2/c20-13-9-14(22-10-21-13)23-15-11-5-4-6-12(11)16-17(26)24-19(25(16)18(15)27)7-2-1-3-8-19/h9-10H,1-8H2,(H,24,26)(H3,20,21,22,23). The van der Waals surface area contributed by atoms with Gasteiger partial charge in [0.25, 0.3) is 11.5 Å². The van der Waals surface area contributed by atoms with Crippen LogP contribution in [-0.4, -0.2) is 20.4 Å². The molecule has 0 unspecified atom stereocenters. The third-order valence-corrected chi connectivity index (χ3v) is 6.06. The van der Waals surface area contributed by atoms with Crippen LogP contribution in [0.1, 0.15) is 60.1 Å². The fraction of sp³-hybridized carbons (Fsp3) is 0.474. The van der Waals surface area contributed by atoms with Gasteiger partial charge in [-0.25, -0.2) is 9.97 Å². The number of rotatable bonds is 2. The van der Waals surface area contributed by atoms with Gasteiger partial charge in [0.15, 0.2) is 0 Å². The fourth-order valence-electron chi connectivity index (χ4n) is 4.91. The monoisotopic (exact) mass is 366 g/mol. The number of nitrogens with two attached hydrogens (primary N) is 1. The van der Waals surface area contributed by atoms with Gasteiger partial charge in [-0.15, -0.1) is 0 Å². The summed E-state index contributed by atoms with van der Waals surface area (Å²) in [6.45, 7) is 0. The van der Waals surface area contributed by atoms with Gasteiger partial charge < -0.3 is 16.4 Å². The summed E-state index contributed by atoms with van der Waals surface area (Å²) in [5.74, 6) is 0.722. The Morgan fingerprint density at radius 1 is 1.07 bits per heavy atom. The van der Waals surface area contributed by atoms with Gasteiger partial charge in [-0.05, 0) is 56.1 Å². The number of hydrogen-bond donors (Lipinski definition) is 3. The highest BCUT2D eigenvalue weighted by molar-refractivity contribution is 5.98. The quantitative estimate of drug-likeness (QED) is 0.747. The molecule has 27 heavy (non-hydrogen) atoms. The van der Waals surface area contributed by atoms with Crippen LogP contribution < -0.4 is 21.9 Å². The first kappa shape index (κ1) is 16.3. The number of hydrogen-bond acceptors (Lipinski definition) is 6. The number of carbonyl (C=O) groups excluding carboxylic acids is 1. The molecule has 0 radical (unpaired) electrons. The lowest BCUT2D eigenvalue weighted by Gasteiger charge is -2.35. The minimum Gasteiger partial charge on any atom is -0.384 e. The summed E-state index contributed by atoms with van der Waals surface area (Å²) in [7, 11) is 0. The molecule has 8 nitrogen and oxygen atoms in total. The van der Waals surface area contributed by atoms with Crippen LogP contribution in [0.5, 0.6) is 0 Å². The summed E-state index contributed by atoms with van der Waals surface area (Å²) in [6.07, 6.45) is 8.65. The van der Waals surface area contributed by atoms with Crippen LogP contribution in [0.3, 0.4) is 0 Å². The number of pyridine rings is 1. The van der Waals surface area contributed by atoms with E-state index in [4.69, 9.17) is 5.73 Å². The van der Waals surface area contributed by atoms with Gasteiger partial charge in [-0.2, -0.15) is 0 Å². The number of nitrogen functional groups attached to an aromatic ring is 1. The average molecular weight is 366 g/mol. The predicted octanol–water partition coefficient (Wildman–Crippen LogP) is 1.81. The average Bonchev–Trinajstić information content (AvgIpc) is 3.22. The van der Waals surface area contributed by atoms with Crippen LogP contribution in [0.4, 0.5) is 17.3 Å². The molecule has 3 heterocycles.